The van der Waals surface area contributed by atoms with Crippen molar-refractivity contribution in [2.45, 2.75) is 19.4 Å². The number of carbonyl (C=O) groups excluding carboxylic acids is 2. The number of carbonyl (C=O) groups is 2. The fraction of sp³-hybridized carbons (Fsp3) is 0.429. The summed E-state index contributed by atoms with van der Waals surface area (Å²) >= 11 is 0. The smallest absolute Gasteiger partial charge is 0.325 e. The van der Waals surface area contributed by atoms with Gasteiger partial charge >= 0.3 is 5.97 Å². The van der Waals surface area contributed by atoms with Gasteiger partial charge in [0.05, 0.1) is 7.11 Å². The molecule has 0 heterocycles. The van der Waals surface area contributed by atoms with Gasteiger partial charge < -0.3 is 14.4 Å². The van der Waals surface area contributed by atoms with Crippen LogP contribution in [0.5, 0.6) is 5.75 Å². The van der Waals surface area contributed by atoms with Crippen LogP contribution in [0.3, 0.4) is 0 Å². The van der Waals surface area contributed by atoms with E-state index >= 15 is 0 Å². The highest BCUT2D eigenvalue weighted by molar-refractivity contribution is 5.87. The molecule has 0 atom stereocenters. The molecule has 20 heavy (non-hydrogen) atoms. The number of likely N-dealkylation sites (N-methyl/N-ethyl adjacent to an activating group) is 1. The molecular weight excluding hydrogens is 265 g/mol. The maximum absolute atomic E-state index is 12.8. The quantitative estimate of drug-likeness (QED) is 0.770. The average Bonchev–Trinajstić information content (AvgIpc) is 2.40. The molecule has 0 aliphatic carbocycles. The normalized spacial score (nSPS) is 10.8. The van der Waals surface area contributed by atoms with E-state index in [2.05, 4.69) is 4.74 Å². The third-order valence-electron chi connectivity index (χ3n) is 2.64. The summed E-state index contributed by atoms with van der Waals surface area (Å²) in [6.07, 6.45) is 0. The van der Waals surface area contributed by atoms with Gasteiger partial charge in [0.15, 0.2) is 5.60 Å². The second-order valence-corrected chi connectivity index (χ2v) is 4.80. The number of ether oxygens (including phenoxy) is 2. The predicted octanol–water partition coefficient (Wildman–Crippen LogP) is 1.61. The molecule has 1 rings (SSSR count). The summed E-state index contributed by atoms with van der Waals surface area (Å²) in [4.78, 5) is 24.6. The van der Waals surface area contributed by atoms with Crippen molar-refractivity contribution in [2.24, 2.45) is 0 Å². The molecule has 0 unspecified atom stereocenters. The van der Waals surface area contributed by atoms with Crippen LogP contribution in [0.15, 0.2) is 24.3 Å². The van der Waals surface area contributed by atoms with E-state index < -0.39 is 11.6 Å². The third-order valence-corrected chi connectivity index (χ3v) is 2.64. The Morgan fingerprint density at radius 3 is 2.30 bits per heavy atom. The van der Waals surface area contributed by atoms with Gasteiger partial charge in [-0.25, -0.2) is 4.39 Å². The van der Waals surface area contributed by atoms with E-state index in [1.165, 1.54) is 43.3 Å². The van der Waals surface area contributed by atoms with Crippen LogP contribution in [-0.4, -0.2) is 43.1 Å². The van der Waals surface area contributed by atoms with E-state index in [1.54, 1.807) is 13.8 Å². The number of halogens is 1. The maximum Gasteiger partial charge on any atom is 0.325 e. The van der Waals surface area contributed by atoms with Crippen LogP contribution in [0.2, 0.25) is 0 Å². The second kappa shape index (κ2) is 6.36. The molecule has 6 heteroatoms. The van der Waals surface area contributed by atoms with Crippen molar-refractivity contribution in [1.29, 1.82) is 0 Å². The van der Waals surface area contributed by atoms with Gasteiger partial charge in [0.2, 0.25) is 0 Å². The highest BCUT2D eigenvalue weighted by Crippen LogP contribution is 2.20. The molecule has 110 valence electrons. The maximum atomic E-state index is 12.8. The fourth-order valence-corrected chi connectivity index (χ4v) is 1.63. The summed E-state index contributed by atoms with van der Waals surface area (Å²) in [6.45, 7) is 2.99. The summed E-state index contributed by atoms with van der Waals surface area (Å²) in [6, 6.07) is 5.36. The predicted molar refractivity (Wildman–Crippen MR) is 70.8 cm³/mol. The van der Waals surface area contributed by atoms with Gasteiger partial charge in [0.25, 0.3) is 5.91 Å². The molecule has 0 radical (unpaired) electrons. The summed E-state index contributed by atoms with van der Waals surface area (Å²) in [5.74, 6) is -0.911. The Morgan fingerprint density at radius 1 is 1.25 bits per heavy atom. The van der Waals surface area contributed by atoms with E-state index in [9.17, 15) is 14.0 Å². The molecule has 5 nitrogen and oxygen atoms in total. The zero-order valence-corrected chi connectivity index (χ0v) is 12.0. The lowest BCUT2D eigenvalue weighted by Crippen LogP contribution is -2.48. The van der Waals surface area contributed by atoms with Crippen LogP contribution in [0.1, 0.15) is 13.8 Å². The Balaban J connectivity index is 2.74. The highest BCUT2D eigenvalue weighted by atomic mass is 19.1. The van der Waals surface area contributed by atoms with E-state index in [4.69, 9.17) is 4.74 Å². The molecule has 1 amide bonds. The molecule has 0 aliphatic rings. The summed E-state index contributed by atoms with van der Waals surface area (Å²) in [5.41, 5.74) is -1.18. The van der Waals surface area contributed by atoms with Crippen LogP contribution in [0.25, 0.3) is 0 Å². The minimum atomic E-state index is -1.18. The Hall–Kier alpha value is -2.11. The standard InChI is InChI=1S/C14H18FNO4/c1-14(2,13(18)16(3)9-12(17)19-4)20-11-7-5-10(15)6-8-11/h5-8H,9H2,1-4H3. The molecule has 0 saturated heterocycles. The average molecular weight is 283 g/mol. The van der Waals surface area contributed by atoms with Crippen molar-refractivity contribution in [1.82, 2.24) is 4.90 Å². The first-order valence-corrected chi connectivity index (χ1v) is 6.03. The van der Waals surface area contributed by atoms with Crippen molar-refractivity contribution in [3.05, 3.63) is 30.1 Å². The van der Waals surface area contributed by atoms with E-state index in [1.807, 2.05) is 0 Å². The molecular formula is C14H18FNO4. The Morgan fingerprint density at radius 2 is 1.80 bits per heavy atom. The SMILES string of the molecule is COC(=O)CN(C)C(=O)C(C)(C)Oc1ccc(F)cc1. The van der Waals surface area contributed by atoms with E-state index in [-0.39, 0.29) is 18.3 Å². The van der Waals surface area contributed by atoms with Crippen molar-refractivity contribution in [3.8, 4) is 5.75 Å². The summed E-state index contributed by atoms with van der Waals surface area (Å²) < 4.78 is 22.9. The van der Waals surface area contributed by atoms with Gasteiger partial charge in [-0.3, -0.25) is 9.59 Å². The van der Waals surface area contributed by atoms with Crippen LogP contribution in [0.4, 0.5) is 4.39 Å². The molecule has 0 aliphatic heterocycles. The number of esters is 1. The lowest BCUT2D eigenvalue weighted by atomic mass is 10.1. The second-order valence-electron chi connectivity index (χ2n) is 4.80. The first-order valence-electron chi connectivity index (χ1n) is 6.03. The fourth-order valence-electron chi connectivity index (χ4n) is 1.63. The number of benzene rings is 1. The molecule has 0 bridgehead atoms. The van der Waals surface area contributed by atoms with Gasteiger partial charge in [-0.2, -0.15) is 0 Å². The van der Waals surface area contributed by atoms with Crippen LogP contribution in [-0.2, 0) is 14.3 Å². The first kappa shape index (κ1) is 15.9. The van der Waals surface area contributed by atoms with E-state index in [0.717, 1.165) is 0 Å². The number of hydrogen-bond acceptors (Lipinski definition) is 4. The summed E-state index contributed by atoms with van der Waals surface area (Å²) in [7, 11) is 2.73. The minimum absolute atomic E-state index is 0.161. The molecule has 0 saturated carbocycles. The van der Waals surface area contributed by atoms with Crippen molar-refractivity contribution in [2.75, 3.05) is 20.7 Å². The van der Waals surface area contributed by atoms with Crippen LogP contribution in [0, 0.1) is 5.82 Å². The number of rotatable bonds is 5. The Kier molecular flexibility index (Phi) is 5.07. The lowest BCUT2D eigenvalue weighted by Gasteiger charge is -2.29. The van der Waals surface area contributed by atoms with Gasteiger partial charge in [-0.15, -0.1) is 0 Å². The minimum Gasteiger partial charge on any atom is -0.478 e. The third kappa shape index (κ3) is 4.22. The van der Waals surface area contributed by atoms with Crippen LogP contribution < -0.4 is 4.74 Å². The molecule has 0 N–H and O–H groups in total. The van der Waals surface area contributed by atoms with E-state index in [0.29, 0.717) is 5.75 Å². The number of nitrogens with zero attached hydrogens (tertiary/aromatic N) is 1. The number of hydrogen-bond donors (Lipinski definition) is 0. The van der Waals surface area contributed by atoms with Crippen LogP contribution >= 0.6 is 0 Å². The van der Waals surface area contributed by atoms with Gasteiger partial charge in [0.1, 0.15) is 18.1 Å². The molecule has 0 fully saturated rings. The Labute approximate surface area is 117 Å². The molecule has 1 aromatic carbocycles. The zero-order valence-electron chi connectivity index (χ0n) is 12.0. The van der Waals surface area contributed by atoms with Gasteiger partial charge in [-0.05, 0) is 38.1 Å². The van der Waals surface area contributed by atoms with Crippen molar-refractivity contribution in [3.63, 3.8) is 0 Å². The largest absolute Gasteiger partial charge is 0.478 e. The Bertz CT molecular complexity index is 484. The topological polar surface area (TPSA) is 55.8 Å². The number of methoxy groups -OCH3 is 1. The van der Waals surface area contributed by atoms with Crippen molar-refractivity contribution < 1.29 is 23.5 Å². The first-order chi connectivity index (χ1) is 9.26. The van der Waals surface area contributed by atoms with Gasteiger partial charge in [-0.1, -0.05) is 0 Å². The molecule has 1 aromatic rings. The van der Waals surface area contributed by atoms with Crippen molar-refractivity contribution >= 4 is 11.9 Å². The molecule has 0 aromatic heterocycles. The molecule has 0 spiro atoms. The monoisotopic (exact) mass is 283 g/mol. The summed E-state index contributed by atoms with van der Waals surface area (Å²) in [5, 5.41) is 0. The number of amides is 1. The highest BCUT2D eigenvalue weighted by Gasteiger charge is 2.33. The van der Waals surface area contributed by atoms with Gasteiger partial charge in [0, 0.05) is 7.05 Å². The lowest BCUT2D eigenvalue weighted by molar-refractivity contribution is -0.152. The zero-order chi connectivity index (χ0) is 15.3.